The maximum Gasteiger partial charge on any atom is 0.142 e. The van der Waals surface area contributed by atoms with Gasteiger partial charge in [-0.15, -0.1) is 0 Å². The molecule has 4 nitrogen and oxygen atoms in total. The molecule has 0 spiro atoms. The van der Waals surface area contributed by atoms with Crippen LogP contribution in [0.5, 0.6) is 5.75 Å². The summed E-state index contributed by atoms with van der Waals surface area (Å²) in [5.41, 5.74) is 6.54. The first-order valence-electron chi connectivity index (χ1n) is 4.03. The SMILES string of the molecule is COC[C@@H](N)c1ncccc1OC. The molecule has 1 atom stereocenters. The lowest BCUT2D eigenvalue weighted by Crippen LogP contribution is -2.18. The van der Waals surface area contributed by atoms with Gasteiger partial charge in [0.2, 0.25) is 0 Å². The summed E-state index contributed by atoms with van der Waals surface area (Å²) >= 11 is 0. The third kappa shape index (κ3) is 2.40. The van der Waals surface area contributed by atoms with Crippen molar-refractivity contribution in [2.24, 2.45) is 5.73 Å². The van der Waals surface area contributed by atoms with Gasteiger partial charge in [-0.25, -0.2) is 0 Å². The van der Waals surface area contributed by atoms with Crippen LogP contribution in [0.4, 0.5) is 0 Å². The minimum absolute atomic E-state index is 0.235. The minimum atomic E-state index is -0.235. The van der Waals surface area contributed by atoms with Crippen molar-refractivity contribution in [3.8, 4) is 5.75 Å². The van der Waals surface area contributed by atoms with Crippen molar-refractivity contribution in [3.05, 3.63) is 24.0 Å². The number of ether oxygens (including phenoxy) is 2. The van der Waals surface area contributed by atoms with E-state index in [0.29, 0.717) is 12.4 Å². The minimum Gasteiger partial charge on any atom is -0.495 e. The van der Waals surface area contributed by atoms with Gasteiger partial charge in [-0.3, -0.25) is 4.98 Å². The molecule has 72 valence electrons. The van der Waals surface area contributed by atoms with Crippen LogP contribution in [0.3, 0.4) is 0 Å². The summed E-state index contributed by atoms with van der Waals surface area (Å²) in [5.74, 6) is 0.701. The highest BCUT2D eigenvalue weighted by Gasteiger charge is 2.11. The summed E-state index contributed by atoms with van der Waals surface area (Å²) in [6, 6.07) is 3.40. The van der Waals surface area contributed by atoms with E-state index in [1.165, 1.54) is 0 Å². The van der Waals surface area contributed by atoms with E-state index in [-0.39, 0.29) is 6.04 Å². The van der Waals surface area contributed by atoms with Gasteiger partial charge >= 0.3 is 0 Å². The lowest BCUT2D eigenvalue weighted by molar-refractivity contribution is 0.178. The molecule has 0 saturated heterocycles. The van der Waals surface area contributed by atoms with Gasteiger partial charge in [-0.05, 0) is 12.1 Å². The molecule has 1 aromatic rings. The van der Waals surface area contributed by atoms with E-state index in [4.69, 9.17) is 15.2 Å². The van der Waals surface area contributed by atoms with Gasteiger partial charge in [0.1, 0.15) is 11.4 Å². The molecular weight excluding hydrogens is 168 g/mol. The third-order valence-electron chi connectivity index (χ3n) is 1.72. The van der Waals surface area contributed by atoms with Gasteiger partial charge in [0.15, 0.2) is 0 Å². The highest BCUT2D eigenvalue weighted by atomic mass is 16.5. The molecule has 1 rings (SSSR count). The fourth-order valence-corrected chi connectivity index (χ4v) is 1.11. The van der Waals surface area contributed by atoms with Crippen LogP contribution in [-0.2, 0) is 4.74 Å². The zero-order chi connectivity index (χ0) is 9.68. The Bertz CT molecular complexity index is 266. The Hall–Kier alpha value is -1.13. The molecule has 0 radical (unpaired) electrons. The predicted molar refractivity (Wildman–Crippen MR) is 49.6 cm³/mol. The molecule has 0 saturated carbocycles. The van der Waals surface area contributed by atoms with Gasteiger partial charge in [-0.1, -0.05) is 0 Å². The first-order chi connectivity index (χ1) is 6.29. The molecule has 1 aromatic heterocycles. The monoisotopic (exact) mass is 182 g/mol. The lowest BCUT2D eigenvalue weighted by Gasteiger charge is -2.12. The van der Waals surface area contributed by atoms with Gasteiger partial charge in [-0.2, -0.15) is 0 Å². The number of nitrogens with two attached hydrogens (primary N) is 1. The number of hydrogen-bond acceptors (Lipinski definition) is 4. The second-order valence-electron chi connectivity index (χ2n) is 2.65. The van der Waals surface area contributed by atoms with Crippen molar-refractivity contribution in [3.63, 3.8) is 0 Å². The van der Waals surface area contributed by atoms with Crippen LogP contribution in [0.15, 0.2) is 18.3 Å². The first-order valence-corrected chi connectivity index (χ1v) is 4.03. The Morgan fingerprint density at radius 2 is 2.31 bits per heavy atom. The summed E-state index contributed by atoms with van der Waals surface area (Å²) in [6.45, 7) is 0.438. The molecule has 2 N–H and O–H groups in total. The fourth-order valence-electron chi connectivity index (χ4n) is 1.11. The van der Waals surface area contributed by atoms with Crippen LogP contribution >= 0.6 is 0 Å². The van der Waals surface area contributed by atoms with Gasteiger partial charge in [0.05, 0.1) is 19.8 Å². The van der Waals surface area contributed by atoms with E-state index in [9.17, 15) is 0 Å². The number of aromatic nitrogens is 1. The summed E-state index contributed by atoms with van der Waals surface area (Å²) in [4.78, 5) is 4.14. The highest BCUT2D eigenvalue weighted by Crippen LogP contribution is 2.20. The Morgan fingerprint density at radius 3 is 2.92 bits per heavy atom. The largest absolute Gasteiger partial charge is 0.495 e. The number of methoxy groups -OCH3 is 2. The van der Waals surface area contributed by atoms with Crippen LogP contribution in [0.25, 0.3) is 0 Å². The van der Waals surface area contributed by atoms with Crippen LogP contribution in [0, 0.1) is 0 Å². The maximum absolute atomic E-state index is 5.81. The second kappa shape index (κ2) is 4.79. The van der Waals surface area contributed by atoms with Gasteiger partial charge in [0, 0.05) is 13.3 Å². The molecule has 0 amide bonds. The summed E-state index contributed by atoms with van der Waals surface area (Å²) in [5, 5.41) is 0. The maximum atomic E-state index is 5.81. The zero-order valence-electron chi connectivity index (χ0n) is 7.86. The van der Waals surface area contributed by atoms with E-state index in [2.05, 4.69) is 4.98 Å². The Labute approximate surface area is 77.7 Å². The number of pyridine rings is 1. The molecule has 0 aliphatic heterocycles. The molecule has 0 unspecified atom stereocenters. The van der Waals surface area contributed by atoms with E-state index in [0.717, 1.165) is 5.69 Å². The third-order valence-corrected chi connectivity index (χ3v) is 1.72. The standard InChI is InChI=1S/C9H14N2O2/c1-12-6-7(10)9-8(13-2)4-3-5-11-9/h3-5,7H,6,10H2,1-2H3/t7-/m1/s1. The number of rotatable bonds is 4. The normalized spacial score (nSPS) is 12.5. The number of hydrogen-bond donors (Lipinski definition) is 1. The molecule has 0 bridgehead atoms. The topological polar surface area (TPSA) is 57.4 Å². The summed E-state index contributed by atoms with van der Waals surface area (Å²) in [7, 11) is 3.20. The van der Waals surface area contributed by atoms with Crippen molar-refractivity contribution in [1.82, 2.24) is 4.98 Å². The van der Waals surface area contributed by atoms with Crippen LogP contribution in [0.1, 0.15) is 11.7 Å². The Morgan fingerprint density at radius 1 is 1.54 bits per heavy atom. The van der Waals surface area contributed by atoms with Crippen molar-refractivity contribution < 1.29 is 9.47 Å². The van der Waals surface area contributed by atoms with Crippen LogP contribution < -0.4 is 10.5 Å². The molecular formula is C9H14N2O2. The van der Waals surface area contributed by atoms with Crippen molar-refractivity contribution in [2.75, 3.05) is 20.8 Å². The summed E-state index contributed by atoms with van der Waals surface area (Å²) in [6.07, 6.45) is 1.69. The molecule has 0 aromatic carbocycles. The van der Waals surface area contributed by atoms with Gasteiger partial charge in [0.25, 0.3) is 0 Å². The Kier molecular flexibility index (Phi) is 3.67. The van der Waals surface area contributed by atoms with E-state index < -0.39 is 0 Å². The second-order valence-corrected chi connectivity index (χ2v) is 2.65. The van der Waals surface area contributed by atoms with Gasteiger partial charge < -0.3 is 15.2 Å². The van der Waals surface area contributed by atoms with E-state index in [1.807, 2.05) is 12.1 Å². The van der Waals surface area contributed by atoms with E-state index in [1.54, 1.807) is 20.4 Å². The predicted octanol–water partition coefficient (Wildman–Crippen LogP) is 0.736. The van der Waals surface area contributed by atoms with Crippen molar-refractivity contribution in [2.45, 2.75) is 6.04 Å². The first kappa shape index (κ1) is 9.95. The molecule has 13 heavy (non-hydrogen) atoms. The molecule has 1 heterocycles. The van der Waals surface area contributed by atoms with Crippen molar-refractivity contribution in [1.29, 1.82) is 0 Å². The molecule has 0 aliphatic carbocycles. The number of nitrogens with zero attached hydrogens (tertiary/aromatic N) is 1. The van der Waals surface area contributed by atoms with Crippen LogP contribution in [0.2, 0.25) is 0 Å². The summed E-state index contributed by atoms with van der Waals surface area (Å²) < 4.78 is 10.1. The Balaban J connectivity index is 2.85. The van der Waals surface area contributed by atoms with Crippen molar-refractivity contribution >= 4 is 0 Å². The molecule has 4 heteroatoms. The fraction of sp³-hybridized carbons (Fsp3) is 0.444. The van der Waals surface area contributed by atoms with E-state index >= 15 is 0 Å². The van der Waals surface area contributed by atoms with Crippen LogP contribution in [-0.4, -0.2) is 25.8 Å². The average molecular weight is 182 g/mol. The smallest absolute Gasteiger partial charge is 0.142 e. The highest BCUT2D eigenvalue weighted by molar-refractivity contribution is 5.29. The molecule has 0 aliphatic rings. The lowest BCUT2D eigenvalue weighted by atomic mass is 10.2. The quantitative estimate of drug-likeness (QED) is 0.746. The molecule has 0 fully saturated rings. The zero-order valence-corrected chi connectivity index (χ0v) is 7.86. The average Bonchev–Trinajstić information content (AvgIpc) is 2.18.